The van der Waals surface area contributed by atoms with Crippen LogP contribution in [-0.2, 0) is 4.79 Å². The number of halogens is 1. The quantitative estimate of drug-likeness (QED) is 0.344. The van der Waals surface area contributed by atoms with Gasteiger partial charge in [0.05, 0.1) is 19.7 Å². The van der Waals surface area contributed by atoms with Crippen LogP contribution in [0.15, 0.2) is 73.1 Å². The SMILES string of the molecule is COc1cc2ncnc(Nc3ccc(/C=C/C(=O)Nc4ccc(Cl)cc4)cc3)c2cc1OC. The van der Waals surface area contributed by atoms with Gasteiger partial charge < -0.3 is 20.1 Å². The van der Waals surface area contributed by atoms with Crippen molar-refractivity contribution in [2.75, 3.05) is 24.9 Å². The summed E-state index contributed by atoms with van der Waals surface area (Å²) in [6.45, 7) is 0. The van der Waals surface area contributed by atoms with E-state index in [0.29, 0.717) is 28.0 Å². The highest BCUT2D eigenvalue weighted by Crippen LogP contribution is 2.34. The standard InChI is InChI=1S/C25H21ClN4O3/c1-32-22-13-20-21(14-23(22)33-2)27-15-28-25(20)30-19-8-3-16(4-9-19)5-12-24(31)29-18-10-6-17(26)7-11-18/h3-15H,1-2H3,(H,29,31)(H,27,28,30)/b12-5+. The zero-order chi connectivity index (χ0) is 23.2. The van der Waals surface area contributed by atoms with Crippen LogP contribution >= 0.6 is 11.6 Å². The van der Waals surface area contributed by atoms with Gasteiger partial charge in [0, 0.05) is 33.9 Å². The maximum Gasteiger partial charge on any atom is 0.248 e. The molecule has 0 aliphatic carbocycles. The fraction of sp³-hybridized carbons (Fsp3) is 0.0800. The van der Waals surface area contributed by atoms with Gasteiger partial charge in [-0.3, -0.25) is 4.79 Å². The lowest BCUT2D eigenvalue weighted by Crippen LogP contribution is -2.07. The molecule has 0 saturated heterocycles. The van der Waals surface area contributed by atoms with Crippen LogP contribution < -0.4 is 20.1 Å². The molecule has 33 heavy (non-hydrogen) atoms. The summed E-state index contributed by atoms with van der Waals surface area (Å²) in [5, 5.41) is 7.51. The van der Waals surface area contributed by atoms with Gasteiger partial charge in [-0.2, -0.15) is 0 Å². The number of anilines is 3. The van der Waals surface area contributed by atoms with Gasteiger partial charge in [0.1, 0.15) is 12.1 Å². The van der Waals surface area contributed by atoms with E-state index in [9.17, 15) is 4.79 Å². The molecule has 1 heterocycles. The van der Waals surface area contributed by atoms with Gasteiger partial charge in [0.2, 0.25) is 5.91 Å². The van der Waals surface area contributed by atoms with Crippen LogP contribution in [0.1, 0.15) is 5.56 Å². The van der Waals surface area contributed by atoms with Crippen LogP contribution in [0.4, 0.5) is 17.2 Å². The Morgan fingerprint density at radius 1 is 0.909 bits per heavy atom. The van der Waals surface area contributed by atoms with E-state index in [1.807, 2.05) is 36.4 Å². The lowest BCUT2D eigenvalue weighted by atomic mass is 10.1. The van der Waals surface area contributed by atoms with Crippen molar-refractivity contribution in [3.05, 3.63) is 83.7 Å². The molecule has 0 unspecified atom stereocenters. The maximum atomic E-state index is 12.1. The molecule has 0 aliphatic rings. The van der Waals surface area contributed by atoms with Gasteiger partial charge in [-0.15, -0.1) is 0 Å². The van der Waals surface area contributed by atoms with Crippen LogP contribution in [0.2, 0.25) is 5.02 Å². The van der Waals surface area contributed by atoms with E-state index in [0.717, 1.165) is 22.2 Å². The Kier molecular flexibility index (Phi) is 6.71. The number of nitrogens with one attached hydrogen (secondary N) is 2. The lowest BCUT2D eigenvalue weighted by Gasteiger charge is -2.12. The van der Waals surface area contributed by atoms with Crippen molar-refractivity contribution in [1.82, 2.24) is 9.97 Å². The topological polar surface area (TPSA) is 85.4 Å². The second-order valence-electron chi connectivity index (χ2n) is 7.02. The average molecular weight is 461 g/mol. The van der Waals surface area contributed by atoms with Crippen LogP contribution in [0.25, 0.3) is 17.0 Å². The van der Waals surface area contributed by atoms with Crippen molar-refractivity contribution >= 4 is 51.7 Å². The van der Waals surface area contributed by atoms with Crippen molar-refractivity contribution in [3.8, 4) is 11.5 Å². The Hall–Kier alpha value is -4.10. The first-order valence-corrected chi connectivity index (χ1v) is 10.4. The van der Waals surface area contributed by atoms with E-state index in [1.54, 1.807) is 44.6 Å². The first-order valence-electron chi connectivity index (χ1n) is 10.0. The number of benzene rings is 3. The highest BCUT2D eigenvalue weighted by atomic mass is 35.5. The van der Waals surface area contributed by atoms with Gasteiger partial charge in [0.15, 0.2) is 11.5 Å². The highest BCUT2D eigenvalue weighted by molar-refractivity contribution is 6.30. The number of nitrogens with zero attached hydrogens (tertiary/aromatic N) is 2. The van der Waals surface area contributed by atoms with Gasteiger partial charge in [-0.1, -0.05) is 23.7 Å². The Balaban J connectivity index is 1.46. The molecule has 0 saturated carbocycles. The number of aromatic nitrogens is 2. The van der Waals surface area contributed by atoms with E-state index in [2.05, 4.69) is 20.6 Å². The molecule has 4 rings (SSSR count). The minimum absolute atomic E-state index is 0.226. The van der Waals surface area contributed by atoms with Crippen molar-refractivity contribution in [3.63, 3.8) is 0 Å². The summed E-state index contributed by atoms with van der Waals surface area (Å²) in [5.41, 5.74) is 3.13. The molecule has 1 amide bonds. The molecule has 0 aliphatic heterocycles. The molecule has 4 aromatic rings. The summed E-state index contributed by atoms with van der Waals surface area (Å²) in [5.74, 6) is 1.62. The third-order valence-corrected chi connectivity index (χ3v) is 5.10. The summed E-state index contributed by atoms with van der Waals surface area (Å²) >= 11 is 5.86. The zero-order valence-electron chi connectivity index (χ0n) is 18.0. The van der Waals surface area contributed by atoms with Crippen molar-refractivity contribution < 1.29 is 14.3 Å². The molecule has 0 fully saturated rings. The minimum atomic E-state index is -0.226. The Morgan fingerprint density at radius 2 is 1.58 bits per heavy atom. The predicted molar refractivity (Wildman–Crippen MR) is 131 cm³/mol. The van der Waals surface area contributed by atoms with Crippen LogP contribution in [0.5, 0.6) is 11.5 Å². The van der Waals surface area contributed by atoms with Gasteiger partial charge in [-0.25, -0.2) is 9.97 Å². The average Bonchev–Trinajstić information content (AvgIpc) is 2.84. The van der Waals surface area contributed by atoms with E-state index in [-0.39, 0.29) is 5.91 Å². The maximum absolute atomic E-state index is 12.1. The van der Waals surface area contributed by atoms with Crippen LogP contribution in [0.3, 0.4) is 0 Å². The van der Waals surface area contributed by atoms with Crippen molar-refractivity contribution in [2.24, 2.45) is 0 Å². The van der Waals surface area contributed by atoms with E-state index >= 15 is 0 Å². The Labute approximate surface area is 196 Å². The molecule has 1 aromatic heterocycles. The number of hydrogen-bond acceptors (Lipinski definition) is 6. The lowest BCUT2D eigenvalue weighted by molar-refractivity contribution is -0.111. The first-order chi connectivity index (χ1) is 16.1. The number of hydrogen-bond donors (Lipinski definition) is 2. The molecule has 8 heteroatoms. The number of amides is 1. The molecule has 3 aromatic carbocycles. The molecular weight excluding hydrogens is 440 g/mol. The molecule has 0 atom stereocenters. The normalized spacial score (nSPS) is 10.9. The zero-order valence-corrected chi connectivity index (χ0v) is 18.8. The molecular formula is C25H21ClN4O3. The highest BCUT2D eigenvalue weighted by Gasteiger charge is 2.11. The number of rotatable bonds is 7. The van der Waals surface area contributed by atoms with E-state index in [4.69, 9.17) is 21.1 Å². The van der Waals surface area contributed by atoms with Crippen LogP contribution in [-0.4, -0.2) is 30.1 Å². The van der Waals surface area contributed by atoms with Gasteiger partial charge in [-0.05, 0) is 54.1 Å². The summed E-state index contributed by atoms with van der Waals surface area (Å²) in [7, 11) is 3.17. The molecule has 7 nitrogen and oxygen atoms in total. The number of carbonyl (C=O) groups excluding carboxylic acids is 1. The van der Waals surface area contributed by atoms with E-state index in [1.165, 1.54) is 12.4 Å². The van der Waals surface area contributed by atoms with E-state index < -0.39 is 0 Å². The number of ether oxygens (including phenoxy) is 2. The van der Waals surface area contributed by atoms with Crippen LogP contribution in [0, 0.1) is 0 Å². The monoisotopic (exact) mass is 460 g/mol. The minimum Gasteiger partial charge on any atom is -0.493 e. The molecule has 0 radical (unpaired) electrons. The molecule has 0 bridgehead atoms. The fourth-order valence-corrected chi connectivity index (χ4v) is 3.31. The largest absolute Gasteiger partial charge is 0.493 e. The number of fused-ring (bicyclic) bond motifs is 1. The van der Waals surface area contributed by atoms with Crippen molar-refractivity contribution in [1.29, 1.82) is 0 Å². The van der Waals surface area contributed by atoms with Gasteiger partial charge >= 0.3 is 0 Å². The first kappa shape index (κ1) is 22.1. The molecule has 166 valence electrons. The third kappa shape index (κ3) is 5.39. The summed E-state index contributed by atoms with van der Waals surface area (Å²) in [6.07, 6.45) is 4.72. The second kappa shape index (κ2) is 10.0. The predicted octanol–water partition coefficient (Wildman–Crippen LogP) is 5.70. The number of methoxy groups -OCH3 is 2. The number of carbonyl (C=O) groups is 1. The summed E-state index contributed by atoms with van der Waals surface area (Å²) in [4.78, 5) is 20.8. The van der Waals surface area contributed by atoms with Crippen molar-refractivity contribution in [2.45, 2.75) is 0 Å². The summed E-state index contributed by atoms with van der Waals surface area (Å²) in [6, 6.07) is 18.2. The summed E-state index contributed by atoms with van der Waals surface area (Å²) < 4.78 is 10.7. The molecule has 0 spiro atoms. The Morgan fingerprint density at radius 3 is 2.27 bits per heavy atom. The smallest absolute Gasteiger partial charge is 0.248 e. The van der Waals surface area contributed by atoms with Gasteiger partial charge in [0.25, 0.3) is 0 Å². The Bertz CT molecular complexity index is 1310. The second-order valence-corrected chi connectivity index (χ2v) is 7.46. The third-order valence-electron chi connectivity index (χ3n) is 4.85. The fourth-order valence-electron chi connectivity index (χ4n) is 3.19. The molecule has 2 N–H and O–H groups in total.